The summed E-state index contributed by atoms with van der Waals surface area (Å²) >= 11 is 0. The van der Waals surface area contributed by atoms with E-state index in [0.717, 1.165) is 24.8 Å². The number of rotatable bonds is 5. The first-order valence-corrected chi connectivity index (χ1v) is 6.70. The summed E-state index contributed by atoms with van der Waals surface area (Å²) in [5.74, 6) is 0.792. The molecule has 0 bridgehead atoms. The van der Waals surface area contributed by atoms with Crippen molar-refractivity contribution in [3.63, 3.8) is 0 Å². The Labute approximate surface area is 105 Å². The Bertz CT molecular complexity index is 350. The second-order valence-corrected chi connectivity index (χ2v) is 5.29. The number of carbonyl (C=O) groups excluding carboxylic acids is 1. The van der Waals surface area contributed by atoms with E-state index in [-0.39, 0.29) is 0 Å². The van der Waals surface area contributed by atoms with Gasteiger partial charge in [-0.3, -0.25) is 4.79 Å². The van der Waals surface area contributed by atoms with Gasteiger partial charge in [0.25, 0.3) is 0 Å². The minimum atomic E-state index is 0.364. The highest BCUT2D eigenvalue weighted by Crippen LogP contribution is 2.21. The van der Waals surface area contributed by atoms with Gasteiger partial charge in [-0.1, -0.05) is 13.0 Å². The number of hydrogen-bond donors (Lipinski definition) is 0. The monoisotopic (exact) mass is 232 g/mol. The maximum Gasteiger partial charge on any atom is 0.158 e. The Hall–Kier alpha value is -1.07. The lowest BCUT2D eigenvalue weighted by atomic mass is 9.91. The van der Waals surface area contributed by atoms with Crippen LogP contribution in [0, 0.1) is 5.92 Å². The fraction of sp³-hybridized carbons (Fsp3) is 0.625. The Balaban J connectivity index is 2.40. The predicted octanol–water partition coefficient (Wildman–Crippen LogP) is 4.59. The Morgan fingerprint density at radius 2 is 2.24 bits per heavy atom. The lowest BCUT2D eigenvalue weighted by molar-refractivity contribution is -0.116. The third kappa shape index (κ3) is 5.70. The predicted molar refractivity (Wildman–Crippen MR) is 72.9 cm³/mol. The molecule has 0 aromatic rings. The summed E-state index contributed by atoms with van der Waals surface area (Å²) in [6, 6.07) is 0. The van der Waals surface area contributed by atoms with Crippen molar-refractivity contribution in [2.45, 2.75) is 59.3 Å². The molecule has 0 saturated carbocycles. The molecule has 1 nitrogen and oxygen atoms in total. The maximum atomic E-state index is 12.0. The van der Waals surface area contributed by atoms with Crippen LogP contribution < -0.4 is 0 Å². The van der Waals surface area contributed by atoms with Crippen molar-refractivity contribution in [2.24, 2.45) is 5.92 Å². The molecule has 0 saturated heterocycles. The van der Waals surface area contributed by atoms with Gasteiger partial charge >= 0.3 is 0 Å². The number of ketones is 1. The molecular weight excluding hydrogens is 208 g/mol. The molecule has 1 heteroatoms. The minimum absolute atomic E-state index is 0.364. The molecule has 0 fully saturated rings. The van der Waals surface area contributed by atoms with Crippen molar-refractivity contribution in [3.05, 3.63) is 29.0 Å². The third-order valence-corrected chi connectivity index (χ3v) is 3.09. The molecule has 0 amide bonds. The molecule has 0 aromatic heterocycles. The summed E-state index contributed by atoms with van der Waals surface area (Å²) in [5.41, 5.74) is 5.47. The van der Waals surface area contributed by atoms with Gasteiger partial charge in [0.05, 0.1) is 0 Å². The molecular formula is C16H24O. The molecule has 1 aliphatic carbocycles. The lowest BCUT2D eigenvalue weighted by Crippen LogP contribution is -2.09. The maximum absolute atomic E-state index is 12.0. The largest absolute Gasteiger partial charge is 0.295 e. The molecule has 1 aliphatic rings. The normalized spacial score (nSPS) is 16.8. The molecule has 17 heavy (non-hydrogen) atoms. The topological polar surface area (TPSA) is 17.1 Å². The first-order valence-electron chi connectivity index (χ1n) is 6.70. The first kappa shape index (κ1) is 14.0. The van der Waals surface area contributed by atoms with Crippen LogP contribution in [0.15, 0.2) is 29.0 Å². The van der Waals surface area contributed by atoms with Gasteiger partial charge in [-0.2, -0.15) is 0 Å². The van der Waals surface area contributed by atoms with Gasteiger partial charge in [0.15, 0.2) is 5.78 Å². The first-order chi connectivity index (χ1) is 8.09. The van der Waals surface area contributed by atoms with Crippen LogP contribution in [0.5, 0.6) is 0 Å². The van der Waals surface area contributed by atoms with Crippen molar-refractivity contribution in [2.75, 3.05) is 0 Å². The molecule has 1 atom stereocenters. The van der Waals surface area contributed by atoms with E-state index < -0.39 is 0 Å². The van der Waals surface area contributed by atoms with Crippen LogP contribution in [0.1, 0.15) is 59.3 Å². The standard InChI is InChI=1S/C16H24O/c1-13(2)8-7-9-14(3)12-16(17)15-10-5-4-6-11-15/h7,10,14H,4-6,9,11-12H2,1-3H3. The number of hydrogen-bond acceptors (Lipinski definition) is 1. The number of Topliss-reactive ketones (excluding diaryl/α,β-unsaturated/α-hetero) is 1. The summed E-state index contributed by atoms with van der Waals surface area (Å²) in [7, 11) is 0. The molecule has 0 radical (unpaired) electrons. The van der Waals surface area contributed by atoms with E-state index in [9.17, 15) is 4.79 Å². The summed E-state index contributed by atoms with van der Waals surface area (Å²) in [4.78, 5) is 12.0. The van der Waals surface area contributed by atoms with Crippen molar-refractivity contribution in [1.82, 2.24) is 0 Å². The van der Waals surface area contributed by atoms with Gasteiger partial charge in [-0.25, -0.2) is 0 Å². The quantitative estimate of drug-likeness (QED) is 0.633. The van der Waals surface area contributed by atoms with Crippen LogP contribution >= 0.6 is 0 Å². The summed E-state index contributed by atoms with van der Waals surface area (Å²) in [5, 5.41) is 0. The molecule has 94 valence electrons. The molecule has 0 heterocycles. The smallest absolute Gasteiger partial charge is 0.158 e. The van der Waals surface area contributed by atoms with E-state index >= 15 is 0 Å². The number of carbonyl (C=O) groups is 1. The zero-order valence-electron chi connectivity index (χ0n) is 11.4. The highest BCUT2D eigenvalue weighted by molar-refractivity contribution is 5.95. The summed E-state index contributed by atoms with van der Waals surface area (Å²) in [6.45, 7) is 6.22. The van der Waals surface area contributed by atoms with Crippen LogP contribution in [0.25, 0.3) is 0 Å². The van der Waals surface area contributed by atoms with Gasteiger partial charge in [0, 0.05) is 6.42 Å². The molecule has 0 aliphatic heterocycles. The lowest BCUT2D eigenvalue weighted by Gasteiger charge is -2.13. The van der Waals surface area contributed by atoms with Gasteiger partial charge in [-0.15, -0.1) is 5.73 Å². The van der Waals surface area contributed by atoms with Crippen molar-refractivity contribution >= 4 is 5.78 Å². The van der Waals surface area contributed by atoms with E-state index in [0.29, 0.717) is 18.1 Å². The average Bonchev–Trinajstić information content (AvgIpc) is 2.29. The molecule has 0 N–H and O–H groups in total. The van der Waals surface area contributed by atoms with Gasteiger partial charge in [0.1, 0.15) is 0 Å². The van der Waals surface area contributed by atoms with Gasteiger partial charge in [0.2, 0.25) is 0 Å². The van der Waals surface area contributed by atoms with Crippen LogP contribution in [-0.4, -0.2) is 5.78 Å². The second-order valence-electron chi connectivity index (χ2n) is 5.29. The molecule has 1 rings (SSSR count). The van der Waals surface area contributed by atoms with Gasteiger partial charge < -0.3 is 0 Å². The van der Waals surface area contributed by atoms with Crippen molar-refractivity contribution in [3.8, 4) is 0 Å². The zero-order chi connectivity index (χ0) is 12.7. The fourth-order valence-corrected chi connectivity index (χ4v) is 2.09. The van der Waals surface area contributed by atoms with Crippen LogP contribution in [0.4, 0.5) is 0 Å². The SMILES string of the molecule is CC(C)=C=CCC(C)CC(=O)C1=CCCCC1. The molecule has 0 spiro atoms. The van der Waals surface area contributed by atoms with Crippen LogP contribution in [0.3, 0.4) is 0 Å². The summed E-state index contributed by atoms with van der Waals surface area (Å²) in [6.07, 6.45) is 10.4. The van der Waals surface area contributed by atoms with Crippen molar-refractivity contribution in [1.29, 1.82) is 0 Å². The van der Waals surface area contributed by atoms with Crippen LogP contribution in [0.2, 0.25) is 0 Å². The van der Waals surface area contributed by atoms with E-state index in [2.05, 4.69) is 24.8 Å². The molecule has 1 unspecified atom stereocenters. The number of allylic oxidation sites excluding steroid dienone is 3. The second kappa shape index (κ2) is 7.29. The van der Waals surface area contributed by atoms with E-state index in [1.165, 1.54) is 18.4 Å². The average molecular weight is 232 g/mol. The zero-order valence-corrected chi connectivity index (χ0v) is 11.4. The Morgan fingerprint density at radius 3 is 2.82 bits per heavy atom. The summed E-state index contributed by atoms with van der Waals surface area (Å²) < 4.78 is 0. The highest BCUT2D eigenvalue weighted by atomic mass is 16.1. The Morgan fingerprint density at radius 1 is 1.47 bits per heavy atom. The Kier molecular flexibility index (Phi) is 6.00. The van der Waals surface area contributed by atoms with Crippen LogP contribution in [-0.2, 0) is 4.79 Å². The van der Waals surface area contributed by atoms with Crippen molar-refractivity contribution < 1.29 is 4.79 Å². The van der Waals surface area contributed by atoms with E-state index in [4.69, 9.17) is 0 Å². The van der Waals surface area contributed by atoms with E-state index in [1.807, 2.05) is 13.8 Å². The van der Waals surface area contributed by atoms with Gasteiger partial charge in [-0.05, 0) is 69.1 Å². The minimum Gasteiger partial charge on any atom is -0.295 e. The van der Waals surface area contributed by atoms with E-state index in [1.54, 1.807) is 0 Å². The fourth-order valence-electron chi connectivity index (χ4n) is 2.09. The highest BCUT2D eigenvalue weighted by Gasteiger charge is 2.14. The molecule has 0 aromatic carbocycles. The third-order valence-electron chi connectivity index (χ3n) is 3.09.